The van der Waals surface area contributed by atoms with Crippen LogP contribution in [0, 0.1) is 6.92 Å². The molecule has 0 fully saturated rings. The highest BCUT2D eigenvalue weighted by Gasteiger charge is 2.18. The molecule has 0 saturated heterocycles. The average Bonchev–Trinajstić information content (AvgIpc) is 3.14. The zero-order valence-electron chi connectivity index (χ0n) is 17.6. The van der Waals surface area contributed by atoms with E-state index in [9.17, 15) is 0 Å². The first-order valence-electron chi connectivity index (χ1n) is 10.6. The molecule has 0 saturated carbocycles. The molecule has 0 N–H and O–H groups in total. The Labute approximate surface area is 181 Å². The average molecular weight is 401 g/mol. The van der Waals surface area contributed by atoms with Crippen LogP contribution in [0.1, 0.15) is 5.56 Å². The highest BCUT2D eigenvalue weighted by atomic mass is 16.3. The fraction of sp³-hybridized carbons (Fsp3) is 0.0690. The SMILES string of the molecule is Cc1cc2oc3cc4ccccc4cc3c2cc1-c1cc(-c2ccccc2)cc[n+]1C. The molecule has 4 aromatic carbocycles. The maximum absolute atomic E-state index is 6.25. The van der Waals surface area contributed by atoms with Crippen molar-refractivity contribution in [3.63, 3.8) is 0 Å². The molecule has 0 spiro atoms. The van der Waals surface area contributed by atoms with E-state index in [0.29, 0.717) is 0 Å². The molecule has 0 radical (unpaired) electrons. The van der Waals surface area contributed by atoms with E-state index in [-0.39, 0.29) is 0 Å². The smallest absolute Gasteiger partial charge is 0.213 e. The minimum atomic E-state index is 0.938. The fourth-order valence-electron chi connectivity index (χ4n) is 4.53. The van der Waals surface area contributed by atoms with Crippen molar-refractivity contribution in [1.82, 2.24) is 0 Å². The van der Waals surface area contributed by atoms with Crippen LogP contribution in [0.5, 0.6) is 0 Å². The van der Waals surface area contributed by atoms with Gasteiger partial charge < -0.3 is 4.42 Å². The summed E-state index contributed by atoms with van der Waals surface area (Å²) in [7, 11) is 2.11. The van der Waals surface area contributed by atoms with Crippen molar-refractivity contribution >= 4 is 32.7 Å². The summed E-state index contributed by atoms with van der Waals surface area (Å²) in [6.45, 7) is 2.16. The molecule has 2 aromatic heterocycles. The number of pyridine rings is 1. The molecule has 2 heterocycles. The van der Waals surface area contributed by atoms with Crippen molar-refractivity contribution in [3.05, 3.63) is 103 Å². The van der Waals surface area contributed by atoms with Crippen LogP contribution in [0.15, 0.2) is 102 Å². The standard InChI is InChI=1S/C29H22NO/c1-19-14-28-26(25-15-21-10-6-7-11-22(21)17-29(25)31-28)18-24(19)27-16-23(12-13-30(27)2)20-8-4-3-5-9-20/h3-18H,1-2H3/q+1. The second-order valence-corrected chi connectivity index (χ2v) is 8.24. The Balaban J connectivity index is 1.60. The Morgan fingerprint density at radius 2 is 1.32 bits per heavy atom. The minimum Gasteiger partial charge on any atom is -0.456 e. The number of benzene rings is 4. The van der Waals surface area contributed by atoms with Gasteiger partial charge >= 0.3 is 0 Å². The molecule has 0 aliphatic rings. The molecule has 0 bridgehead atoms. The molecular formula is C29H22NO+. The van der Waals surface area contributed by atoms with E-state index in [1.54, 1.807) is 0 Å². The maximum atomic E-state index is 6.25. The van der Waals surface area contributed by atoms with Crippen molar-refractivity contribution in [2.75, 3.05) is 0 Å². The first-order chi connectivity index (χ1) is 15.2. The topological polar surface area (TPSA) is 17.0 Å². The van der Waals surface area contributed by atoms with Crippen LogP contribution >= 0.6 is 0 Å². The van der Waals surface area contributed by atoms with Gasteiger partial charge in [-0.3, -0.25) is 0 Å². The third-order valence-electron chi connectivity index (χ3n) is 6.22. The number of furan rings is 1. The molecule has 0 amide bonds. The van der Waals surface area contributed by atoms with E-state index >= 15 is 0 Å². The second-order valence-electron chi connectivity index (χ2n) is 8.24. The van der Waals surface area contributed by atoms with Crippen LogP contribution in [-0.4, -0.2) is 0 Å². The fourth-order valence-corrected chi connectivity index (χ4v) is 4.53. The van der Waals surface area contributed by atoms with Crippen molar-refractivity contribution in [2.24, 2.45) is 7.05 Å². The number of rotatable bonds is 2. The van der Waals surface area contributed by atoms with Crippen molar-refractivity contribution in [2.45, 2.75) is 6.92 Å². The van der Waals surface area contributed by atoms with Crippen molar-refractivity contribution in [3.8, 4) is 22.4 Å². The van der Waals surface area contributed by atoms with Gasteiger partial charge in [0, 0.05) is 28.5 Å². The van der Waals surface area contributed by atoms with Gasteiger partial charge in [-0.15, -0.1) is 0 Å². The lowest BCUT2D eigenvalue weighted by atomic mass is 9.98. The lowest BCUT2D eigenvalue weighted by Crippen LogP contribution is -2.30. The number of hydrogen-bond acceptors (Lipinski definition) is 1. The van der Waals surface area contributed by atoms with E-state index in [2.05, 4.69) is 116 Å². The van der Waals surface area contributed by atoms with E-state index in [0.717, 1.165) is 21.9 Å². The maximum Gasteiger partial charge on any atom is 0.213 e. The summed E-state index contributed by atoms with van der Waals surface area (Å²) in [5, 5.41) is 4.76. The lowest BCUT2D eigenvalue weighted by Gasteiger charge is -2.07. The summed E-state index contributed by atoms with van der Waals surface area (Å²) in [5.41, 5.74) is 7.94. The Bertz CT molecular complexity index is 1590. The molecule has 0 unspecified atom stereocenters. The van der Waals surface area contributed by atoms with E-state index < -0.39 is 0 Å². The Morgan fingerprint density at radius 3 is 2.13 bits per heavy atom. The predicted molar refractivity (Wildman–Crippen MR) is 128 cm³/mol. The molecule has 31 heavy (non-hydrogen) atoms. The van der Waals surface area contributed by atoms with Gasteiger partial charge in [-0.25, -0.2) is 4.57 Å². The Kier molecular flexibility index (Phi) is 3.94. The first-order valence-corrected chi connectivity index (χ1v) is 10.6. The van der Waals surface area contributed by atoms with Crippen LogP contribution in [0.4, 0.5) is 0 Å². The zero-order valence-corrected chi connectivity index (χ0v) is 17.6. The second kappa shape index (κ2) is 6.82. The minimum absolute atomic E-state index is 0.938. The number of fused-ring (bicyclic) bond motifs is 4. The molecule has 148 valence electrons. The van der Waals surface area contributed by atoms with Crippen LogP contribution < -0.4 is 4.57 Å². The summed E-state index contributed by atoms with van der Waals surface area (Å²) in [4.78, 5) is 0. The molecule has 6 aromatic rings. The van der Waals surface area contributed by atoms with E-state index in [1.165, 1.54) is 38.7 Å². The van der Waals surface area contributed by atoms with Gasteiger partial charge in [0.15, 0.2) is 6.20 Å². The Hall–Kier alpha value is -3.91. The Morgan fingerprint density at radius 1 is 0.645 bits per heavy atom. The van der Waals surface area contributed by atoms with Crippen molar-refractivity contribution < 1.29 is 8.98 Å². The third-order valence-corrected chi connectivity index (χ3v) is 6.22. The number of aromatic nitrogens is 1. The van der Waals surface area contributed by atoms with Crippen LogP contribution in [0.25, 0.3) is 55.1 Å². The van der Waals surface area contributed by atoms with Gasteiger partial charge in [-0.1, -0.05) is 54.6 Å². The summed E-state index contributed by atoms with van der Waals surface area (Å²) < 4.78 is 8.44. The monoisotopic (exact) mass is 400 g/mol. The highest BCUT2D eigenvalue weighted by molar-refractivity contribution is 6.11. The van der Waals surface area contributed by atoms with E-state index in [1.807, 2.05) is 0 Å². The first kappa shape index (κ1) is 17.9. The number of aryl methyl sites for hydroxylation is 2. The van der Waals surface area contributed by atoms with Gasteiger partial charge in [0.2, 0.25) is 5.69 Å². The summed E-state index contributed by atoms with van der Waals surface area (Å²) in [5.74, 6) is 0. The molecule has 6 rings (SSSR count). The summed E-state index contributed by atoms with van der Waals surface area (Å²) >= 11 is 0. The van der Waals surface area contributed by atoms with Gasteiger partial charge in [0.1, 0.15) is 18.2 Å². The molecule has 0 aliphatic heterocycles. The van der Waals surface area contributed by atoms with Gasteiger partial charge in [-0.05, 0) is 58.7 Å². The summed E-state index contributed by atoms with van der Waals surface area (Å²) in [6.07, 6.45) is 2.14. The molecule has 2 heteroatoms. The number of nitrogens with zero attached hydrogens (tertiary/aromatic N) is 1. The predicted octanol–water partition coefficient (Wildman–Crippen LogP) is 7.21. The quantitative estimate of drug-likeness (QED) is 0.281. The molecular weight excluding hydrogens is 378 g/mol. The van der Waals surface area contributed by atoms with Crippen LogP contribution in [0.2, 0.25) is 0 Å². The van der Waals surface area contributed by atoms with Gasteiger partial charge in [0.25, 0.3) is 0 Å². The van der Waals surface area contributed by atoms with Crippen LogP contribution in [0.3, 0.4) is 0 Å². The van der Waals surface area contributed by atoms with Gasteiger partial charge in [0.05, 0.1) is 0 Å². The van der Waals surface area contributed by atoms with Crippen molar-refractivity contribution in [1.29, 1.82) is 0 Å². The third kappa shape index (κ3) is 2.91. The summed E-state index contributed by atoms with van der Waals surface area (Å²) in [6, 6.07) is 32.3. The van der Waals surface area contributed by atoms with Crippen LogP contribution in [-0.2, 0) is 7.05 Å². The van der Waals surface area contributed by atoms with Gasteiger partial charge in [-0.2, -0.15) is 0 Å². The largest absolute Gasteiger partial charge is 0.456 e. The normalized spacial score (nSPS) is 11.5. The molecule has 0 atom stereocenters. The highest BCUT2D eigenvalue weighted by Crippen LogP contribution is 2.36. The molecule has 2 nitrogen and oxygen atoms in total. The lowest BCUT2D eigenvalue weighted by molar-refractivity contribution is -0.660. The zero-order chi connectivity index (χ0) is 20.9. The van der Waals surface area contributed by atoms with E-state index in [4.69, 9.17) is 4.42 Å². The molecule has 0 aliphatic carbocycles. The number of hydrogen-bond donors (Lipinski definition) is 0.